The number of hydrogen-bond donors (Lipinski definition) is 2. The van der Waals surface area contributed by atoms with Gasteiger partial charge in [0.25, 0.3) is 5.91 Å². The molecule has 0 bridgehead atoms. The number of carbonyl (C=O) groups is 1. The Labute approximate surface area is 169 Å². The van der Waals surface area contributed by atoms with Crippen molar-refractivity contribution >= 4 is 28.5 Å². The van der Waals surface area contributed by atoms with Crippen molar-refractivity contribution in [1.82, 2.24) is 9.97 Å². The Bertz CT molecular complexity index is 886. The predicted molar refractivity (Wildman–Crippen MR) is 113 cm³/mol. The Morgan fingerprint density at radius 3 is 2.57 bits per heavy atom. The number of nitrogens with zero attached hydrogens (tertiary/aromatic N) is 3. The molecule has 0 fully saturated rings. The van der Waals surface area contributed by atoms with Gasteiger partial charge in [-0.05, 0) is 37.6 Å². The highest BCUT2D eigenvalue weighted by atomic mass is 32.2. The molecule has 1 amide bonds. The van der Waals surface area contributed by atoms with Crippen LogP contribution in [0, 0.1) is 5.82 Å². The lowest BCUT2D eigenvalue weighted by molar-refractivity contribution is 0.101. The zero-order valence-corrected chi connectivity index (χ0v) is 17.6. The molecule has 2 aromatic rings. The molecule has 0 radical (unpaired) electrons. The summed E-state index contributed by atoms with van der Waals surface area (Å²) in [5, 5.41) is 3.17. The van der Waals surface area contributed by atoms with E-state index in [2.05, 4.69) is 34.1 Å². The Morgan fingerprint density at radius 2 is 1.93 bits per heavy atom. The van der Waals surface area contributed by atoms with Crippen LogP contribution < -0.4 is 11.1 Å². The van der Waals surface area contributed by atoms with Gasteiger partial charge in [-0.2, -0.15) is 0 Å². The van der Waals surface area contributed by atoms with Crippen LogP contribution in [0.15, 0.2) is 41.7 Å². The first-order chi connectivity index (χ1) is 13.2. The lowest BCUT2D eigenvalue weighted by Gasteiger charge is -2.38. The summed E-state index contributed by atoms with van der Waals surface area (Å²) in [6.07, 6.45) is 3.70. The molecule has 150 valence electrons. The molecule has 2 aromatic heterocycles. The second kappa shape index (κ2) is 8.68. The Hall–Kier alpha value is -2.48. The minimum atomic E-state index is -0.672. The molecule has 0 saturated heterocycles. The largest absolute Gasteiger partial charge is 0.378 e. The van der Waals surface area contributed by atoms with Gasteiger partial charge in [-0.15, -0.1) is 0 Å². The average Bonchev–Trinajstić information content (AvgIpc) is 2.62. The molecule has 0 aromatic carbocycles. The molecule has 6 nitrogen and oxygen atoms in total. The van der Waals surface area contributed by atoms with Gasteiger partial charge in [-0.1, -0.05) is 39.5 Å². The Balaban J connectivity index is 0.00000136. The van der Waals surface area contributed by atoms with Crippen molar-refractivity contribution in [3.05, 3.63) is 53.9 Å². The Morgan fingerprint density at radius 1 is 1.21 bits per heavy atom. The number of amidine groups is 1. The first-order valence-electron chi connectivity index (χ1n) is 9.11. The molecular weight excluding hydrogens is 377 g/mol. The fourth-order valence-corrected chi connectivity index (χ4v) is 4.31. The van der Waals surface area contributed by atoms with Crippen LogP contribution in [-0.4, -0.2) is 25.8 Å². The maximum absolute atomic E-state index is 13.7. The number of aliphatic imine (C=N–C) groups is 1. The highest BCUT2D eigenvalue weighted by Gasteiger charge is 2.40. The fraction of sp³-hybridized carbons (Fsp3) is 0.400. The maximum Gasteiger partial charge on any atom is 0.277 e. The van der Waals surface area contributed by atoms with Gasteiger partial charge in [0.2, 0.25) is 0 Å². The van der Waals surface area contributed by atoms with Crippen LogP contribution >= 0.6 is 11.8 Å². The van der Waals surface area contributed by atoms with Crippen molar-refractivity contribution in [2.45, 2.75) is 51.3 Å². The summed E-state index contributed by atoms with van der Waals surface area (Å²) in [5.41, 5.74) is 6.33. The number of halogens is 1. The van der Waals surface area contributed by atoms with Crippen LogP contribution in [0.25, 0.3) is 0 Å². The van der Waals surface area contributed by atoms with Gasteiger partial charge in [0.15, 0.2) is 16.7 Å². The number of carbonyl (C=O) groups excluding carboxylic acids is 1. The summed E-state index contributed by atoms with van der Waals surface area (Å²) in [6, 6.07) is 6.01. The van der Waals surface area contributed by atoms with E-state index in [-0.39, 0.29) is 10.4 Å². The molecule has 3 N–H and O–H groups in total. The van der Waals surface area contributed by atoms with Crippen LogP contribution in [-0.2, 0) is 5.54 Å². The number of nitrogens with two attached hydrogens (primary N) is 1. The second-order valence-corrected chi connectivity index (χ2v) is 8.71. The van der Waals surface area contributed by atoms with Crippen LogP contribution in [0.2, 0.25) is 0 Å². The monoisotopic (exact) mass is 403 g/mol. The van der Waals surface area contributed by atoms with Crippen molar-refractivity contribution in [2.24, 2.45) is 10.7 Å². The van der Waals surface area contributed by atoms with E-state index in [1.165, 1.54) is 30.1 Å². The lowest BCUT2D eigenvalue weighted by Crippen LogP contribution is -2.38. The number of pyridine rings is 2. The van der Waals surface area contributed by atoms with Crippen molar-refractivity contribution in [3.63, 3.8) is 0 Å². The number of aromatic nitrogens is 2. The number of rotatable bonds is 3. The zero-order valence-electron chi connectivity index (χ0n) is 16.8. The van der Waals surface area contributed by atoms with E-state index < -0.39 is 17.3 Å². The molecule has 0 saturated carbocycles. The van der Waals surface area contributed by atoms with Gasteiger partial charge in [-0.3, -0.25) is 9.78 Å². The van der Waals surface area contributed by atoms with Crippen molar-refractivity contribution in [3.8, 4) is 0 Å². The molecular formula is C20H26FN5OS. The molecule has 0 spiro atoms. The number of anilines is 1. The van der Waals surface area contributed by atoms with E-state index in [1.807, 2.05) is 20.8 Å². The quantitative estimate of drug-likeness (QED) is 0.795. The van der Waals surface area contributed by atoms with E-state index in [0.29, 0.717) is 16.5 Å². The van der Waals surface area contributed by atoms with E-state index in [9.17, 15) is 9.18 Å². The topological polar surface area (TPSA) is 93.3 Å². The summed E-state index contributed by atoms with van der Waals surface area (Å²) in [4.78, 5) is 25.1. The molecule has 1 unspecified atom stereocenters. The smallest absolute Gasteiger partial charge is 0.277 e. The number of amides is 1. The number of thioether (sulfide) groups is 1. The minimum Gasteiger partial charge on any atom is -0.378 e. The van der Waals surface area contributed by atoms with Gasteiger partial charge in [0.05, 0.1) is 5.69 Å². The standard InChI is InChI=1S/C18H20FN5OS.C2H6/c1-17(2)10-18(3,24-16(20)26-17)13-9-11(6-8-21-13)23-15(25)14-12(19)5-4-7-22-14;1-2/h4-9H,10H2,1-3H3,(H2,20,24)(H,21,23,25);1-2H3. The summed E-state index contributed by atoms with van der Waals surface area (Å²) in [5.74, 6) is -1.29. The maximum atomic E-state index is 13.7. The highest BCUT2D eigenvalue weighted by Crippen LogP contribution is 2.44. The lowest BCUT2D eigenvalue weighted by atomic mass is 9.87. The molecule has 28 heavy (non-hydrogen) atoms. The van der Waals surface area contributed by atoms with Crippen LogP contribution in [0.3, 0.4) is 0 Å². The summed E-state index contributed by atoms with van der Waals surface area (Å²) < 4.78 is 13.6. The van der Waals surface area contributed by atoms with Crippen LogP contribution in [0.5, 0.6) is 0 Å². The van der Waals surface area contributed by atoms with Gasteiger partial charge in [-0.25, -0.2) is 14.4 Å². The molecule has 1 aliphatic rings. The number of hydrogen-bond acceptors (Lipinski definition) is 6. The van der Waals surface area contributed by atoms with E-state index >= 15 is 0 Å². The number of nitrogens with one attached hydrogen (secondary N) is 1. The van der Waals surface area contributed by atoms with Gasteiger partial charge >= 0.3 is 0 Å². The normalized spacial score (nSPS) is 20.4. The van der Waals surface area contributed by atoms with Crippen molar-refractivity contribution in [2.75, 3.05) is 5.32 Å². The third-order valence-electron chi connectivity index (χ3n) is 4.05. The van der Waals surface area contributed by atoms with E-state index in [1.54, 1.807) is 18.3 Å². The molecule has 3 rings (SSSR count). The summed E-state index contributed by atoms with van der Waals surface area (Å²) in [6.45, 7) is 10.2. The van der Waals surface area contributed by atoms with E-state index in [0.717, 1.165) is 6.42 Å². The third-order valence-corrected chi connectivity index (χ3v) is 5.05. The van der Waals surface area contributed by atoms with Gasteiger partial charge < -0.3 is 11.1 Å². The average molecular weight is 404 g/mol. The zero-order chi connectivity index (χ0) is 20.9. The fourth-order valence-electron chi connectivity index (χ4n) is 3.15. The predicted octanol–water partition coefficient (Wildman–Crippen LogP) is 4.34. The first kappa shape index (κ1) is 21.8. The summed E-state index contributed by atoms with van der Waals surface area (Å²) >= 11 is 1.53. The second-order valence-electron chi connectivity index (χ2n) is 6.98. The first-order valence-corrected chi connectivity index (χ1v) is 9.93. The summed E-state index contributed by atoms with van der Waals surface area (Å²) in [7, 11) is 0. The van der Waals surface area contributed by atoms with E-state index in [4.69, 9.17) is 5.73 Å². The van der Waals surface area contributed by atoms with Crippen molar-refractivity contribution < 1.29 is 9.18 Å². The molecule has 3 heterocycles. The molecule has 8 heteroatoms. The third kappa shape index (κ3) is 5.07. The van der Waals surface area contributed by atoms with Crippen LogP contribution in [0.4, 0.5) is 10.1 Å². The van der Waals surface area contributed by atoms with Gasteiger partial charge in [0.1, 0.15) is 5.54 Å². The molecule has 1 atom stereocenters. The highest BCUT2D eigenvalue weighted by molar-refractivity contribution is 8.15. The SMILES string of the molecule is CC.CC1(C)CC(C)(c2cc(NC(=O)c3ncccc3F)ccn2)N=C(N)S1. The van der Waals surface area contributed by atoms with Crippen LogP contribution in [0.1, 0.15) is 57.2 Å². The molecule has 0 aliphatic carbocycles. The minimum absolute atomic E-state index is 0.0847. The van der Waals surface area contributed by atoms with Crippen molar-refractivity contribution in [1.29, 1.82) is 0 Å². The van der Waals surface area contributed by atoms with Gasteiger partial charge in [0, 0.05) is 22.8 Å². The Kier molecular flexibility index (Phi) is 6.77. The molecule has 1 aliphatic heterocycles.